The lowest BCUT2D eigenvalue weighted by atomic mass is 10.1. The first-order chi connectivity index (χ1) is 8.52. The number of nitrogens with two attached hydrogens (primary N) is 1. The number of nitrogen functional groups attached to an aromatic ring is 1. The molecule has 96 valence electrons. The summed E-state index contributed by atoms with van der Waals surface area (Å²) >= 11 is 0. The van der Waals surface area contributed by atoms with Gasteiger partial charge in [0.2, 0.25) is 0 Å². The van der Waals surface area contributed by atoms with E-state index in [1.54, 1.807) is 10.9 Å². The van der Waals surface area contributed by atoms with Gasteiger partial charge < -0.3 is 5.73 Å². The first kappa shape index (κ1) is 12.5. The van der Waals surface area contributed by atoms with Crippen molar-refractivity contribution in [3.63, 3.8) is 0 Å². The quantitative estimate of drug-likeness (QED) is 0.908. The van der Waals surface area contributed by atoms with E-state index in [0.717, 1.165) is 12.5 Å². The summed E-state index contributed by atoms with van der Waals surface area (Å²) in [5.41, 5.74) is 6.79. The Morgan fingerprint density at radius 1 is 1.39 bits per heavy atom. The summed E-state index contributed by atoms with van der Waals surface area (Å²) in [6.45, 7) is 4.03. The molecule has 0 aliphatic heterocycles. The average molecular weight is 251 g/mol. The van der Waals surface area contributed by atoms with Gasteiger partial charge in [-0.25, -0.2) is 8.78 Å². The predicted molar refractivity (Wildman–Crippen MR) is 67.0 cm³/mol. The van der Waals surface area contributed by atoms with Crippen molar-refractivity contribution in [2.75, 3.05) is 5.73 Å². The Bertz CT molecular complexity index is 563. The molecule has 3 nitrogen and oxygen atoms in total. The number of halogens is 2. The van der Waals surface area contributed by atoms with Crippen molar-refractivity contribution in [1.82, 2.24) is 9.78 Å². The van der Waals surface area contributed by atoms with Crippen molar-refractivity contribution < 1.29 is 8.78 Å². The normalized spacial score (nSPS) is 12.7. The Morgan fingerprint density at radius 3 is 2.72 bits per heavy atom. The maximum atomic E-state index is 13.7. The van der Waals surface area contributed by atoms with Crippen LogP contribution in [0.25, 0.3) is 11.3 Å². The van der Waals surface area contributed by atoms with Crippen molar-refractivity contribution >= 4 is 5.69 Å². The molecule has 0 fully saturated rings. The molecule has 0 saturated carbocycles. The standard InChI is InChI=1S/C13H15F2N3/c1-3-8(2)18-7-12(16)13(17-18)10-5-4-9(14)6-11(10)15/h4-8H,3,16H2,1-2H3. The van der Waals surface area contributed by atoms with E-state index in [1.165, 1.54) is 12.1 Å². The Kier molecular flexibility index (Phi) is 3.32. The largest absolute Gasteiger partial charge is 0.396 e. The number of aromatic nitrogens is 2. The Morgan fingerprint density at radius 2 is 2.11 bits per heavy atom. The van der Waals surface area contributed by atoms with Gasteiger partial charge in [-0.05, 0) is 25.5 Å². The van der Waals surface area contributed by atoms with Crippen LogP contribution in [-0.2, 0) is 0 Å². The lowest BCUT2D eigenvalue weighted by Crippen LogP contribution is -2.04. The van der Waals surface area contributed by atoms with Gasteiger partial charge in [0.25, 0.3) is 0 Å². The van der Waals surface area contributed by atoms with Crippen LogP contribution < -0.4 is 5.73 Å². The zero-order chi connectivity index (χ0) is 13.3. The second-order valence-corrected chi connectivity index (χ2v) is 4.29. The summed E-state index contributed by atoms with van der Waals surface area (Å²) in [4.78, 5) is 0. The lowest BCUT2D eigenvalue weighted by Gasteiger charge is -2.07. The monoisotopic (exact) mass is 251 g/mol. The average Bonchev–Trinajstić information content (AvgIpc) is 2.70. The molecule has 1 unspecified atom stereocenters. The molecule has 2 N–H and O–H groups in total. The molecule has 5 heteroatoms. The number of nitrogens with zero attached hydrogens (tertiary/aromatic N) is 2. The van der Waals surface area contributed by atoms with Gasteiger partial charge in [-0.15, -0.1) is 0 Å². The molecule has 0 radical (unpaired) electrons. The van der Waals surface area contributed by atoms with Gasteiger partial charge in [-0.2, -0.15) is 5.10 Å². The number of benzene rings is 1. The fourth-order valence-corrected chi connectivity index (χ4v) is 1.71. The molecule has 0 amide bonds. The second-order valence-electron chi connectivity index (χ2n) is 4.29. The second kappa shape index (κ2) is 4.76. The Hall–Kier alpha value is -1.91. The van der Waals surface area contributed by atoms with Crippen LogP contribution in [-0.4, -0.2) is 9.78 Å². The molecule has 0 bridgehead atoms. The highest BCUT2D eigenvalue weighted by molar-refractivity contribution is 5.72. The third-order valence-electron chi connectivity index (χ3n) is 2.99. The molecule has 1 atom stereocenters. The first-order valence-corrected chi connectivity index (χ1v) is 5.83. The van der Waals surface area contributed by atoms with Crippen LogP contribution >= 0.6 is 0 Å². The van der Waals surface area contributed by atoms with E-state index in [9.17, 15) is 8.78 Å². The molecule has 0 saturated heterocycles. The highest BCUT2D eigenvalue weighted by Crippen LogP contribution is 2.28. The number of hydrogen-bond acceptors (Lipinski definition) is 2. The highest BCUT2D eigenvalue weighted by Gasteiger charge is 2.15. The van der Waals surface area contributed by atoms with Crippen LogP contribution in [0.4, 0.5) is 14.5 Å². The van der Waals surface area contributed by atoms with E-state index in [2.05, 4.69) is 5.10 Å². The van der Waals surface area contributed by atoms with Crippen molar-refractivity contribution in [2.45, 2.75) is 26.3 Å². The summed E-state index contributed by atoms with van der Waals surface area (Å²) in [6.07, 6.45) is 2.57. The zero-order valence-corrected chi connectivity index (χ0v) is 10.3. The van der Waals surface area contributed by atoms with E-state index in [0.29, 0.717) is 11.4 Å². The molecule has 1 aromatic heterocycles. The van der Waals surface area contributed by atoms with Crippen LogP contribution in [0.3, 0.4) is 0 Å². The minimum atomic E-state index is -0.656. The van der Waals surface area contributed by atoms with Crippen LogP contribution in [0.1, 0.15) is 26.3 Å². The Balaban J connectivity index is 2.47. The molecule has 0 spiro atoms. The fraction of sp³-hybridized carbons (Fsp3) is 0.308. The third-order valence-corrected chi connectivity index (χ3v) is 2.99. The summed E-state index contributed by atoms with van der Waals surface area (Å²) in [7, 11) is 0. The molecule has 18 heavy (non-hydrogen) atoms. The van der Waals surface area contributed by atoms with Crippen LogP contribution in [0.2, 0.25) is 0 Å². The minimum absolute atomic E-state index is 0.185. The lowest BCUT2D eigenvalue weighted by molar-refractivity contribution is 0.479. The molecule has 2 aromatic rings. The molecule has 1 heterocycles. The molecule has 0 aliphatic rings. The van der Waals surface area contributed by atoms with Gasteiger partial charge in [0.1, 0.15) is 17.3 Å². The SMILES string of the molecule is CCC(C)n1cc(N)c(-c2ccc(F)cc2F)n1. The van der Waals surface area contributed by atoms with Crippen LogP contribution in [0.5, 0.6) is 0 Å². The van der Waals surface area contributed by atoms with E-state index in [-0.39, 0.29) is 11.6 Å². The molecule has 1 aromatic carbocycles. The molecular formula is C13H15F2N3. The van der Waals surface area contributed by atoms with Gasteiger partial charge in [0.05, 0.1) is 5.69 Å². The van der Waals surface area contributed by atoms with E-state index in [4.69, 9.17) is 5.73 Å². The number of anilines is 1. The Labute approximate surface area is 104 Å². The summed E-state index contributed by atoms with van der Waals surface area (Å²) in [5, 5.41) is 4.27. The van der Waals surface area contributed by atoms with Gasteiger partial charge in [-0.1, -0.05) is 6.92 Å². The first-order valence-electron chi connectivity index (χ1n) is 5.83. The molecular weight excluding hydrogens is 236 g/mol. The summed E-state index contributed by atoms with van der Waals surface area (Å²) in [6, 6.07) is 3.56. The van der Waals surface area contributed by atoms with Gasteiger partial charge in [0.15, 0.2) is 0 Å². The van der Waals surface area contributed by atoms with Crippen LogP contribution in [0, 0.1) is 11.6 Å². The van der Waals surface area contributed by atoms with Crippen molar-refractivity contribution in [3.8, 4) is 11.3 Å². The van der Waals surface area contributed by atoms with Gasteiger partial charge in [-0.3, -0.25) is 4.68 Å². The van der Waals surface area contributed by atoms with E-state index < -0.39 is 11.6 Å². The summed E-state index contributed by atoms with van der Waals surface area (Å²) < 4.78 is 28.2. The minimum Gasteiger partial charge on any atom is -0.396 e. The fourth-order valence-electron chi connectivity index (χ4n) is 1.71. The maximum Gasteiger partial charge on any atom is 0.135 e. The smallest absolute Gasteiger partial charge is 0.135 e. The van der Waals surface area contributed by atoms with Crippen molar-refractivity contribution in [1.29, 1.82) is 0 Å². The highest BCUT2D eigenvalue weighted by atomic mass is 19.1. The maximum absolute atomic E-state index is 13.7. The third kappa shape index (κ3) is 2.20. The molecule has 2 rings (SSSR count). The zero-order valence-electron chi connectivity index (χ0n) is 10.3. The number of hydrogen-bond donors (Lipinski definition) is 1. The van der Waals surface area contributed by atoms with Gasteiger partial charge >= 0.3 is 0 Å². The van der Waals surface area contributed by atoms with E-state index >= 15 is 0 Å². The molecule has 0 aliphatic carbocycles. The topological polar surface area (TPSA) is 43.8 Å². The van der Waals surface area contributed by atoms with Crippen LogP contribution in [0.15, 0.2) is 24.4 Å². The van der Waals surface area contributed by atoms with Crippen molar-refractivity contribution in [2.24, 2.45) is 0 Å². The van der Waals surface area contributed by atoms with Gasteiger partial charge in [0, 0.05) is 23.9 Å². The number of rotatable bonds is 3. The van der Waals surface area contributed by atoms with E-state index in [1.807, 2.05) is 13.8 Å². The summed E-state index contributed by atoms with van der Waals surface area (Å²) in [5.74, 6) is -1.27. The predicted octanol–water partition coefficient (Wildman–Crippen LogP) is 3.38. The van der Waals surface area contributed by atoms with Crippen molar-refractivity contribution in [3.05, 3.63) is 36.0 Å².